The first kappa shape index (κ1) is 15.6. The Hall–Kier alpha value is -0.800. The monoisotopic (exact) mass is 331 g/mol. The SMILES string of the molecule is CCNCc1cc(S(=O)(=O)NC(C)c2nccs2)cs1. The Kier molecular flexibility index (Phi) is 5.28. The zero-order chi connectivity index (χ0) is 14.6. The van der Waals surface area contributed by atoms with Crippen LogP contribution in [0, 0.1) is 0 Å². The van der Waals surface area contributed by atoms with Crippen LogP contribution in [0.2, 0.25) is 0 Å². The van der Waals surface area contributed by atoms with E-state index < -0.39 is 10.0 Å². The lowest BCUT2D eigenvalue weighted by Gasteiger charge is -2.10. The van der Waals surface area contributed by atoms with Gasteiger partial charge in [-0.25, -0.2) is 18.1 Å². The third kappa shape index (κ3) is 3.86. The molecular weight excluding hydrogens is 314 g/mol. The molecule has 0 amide bonds. The zero-order valence-electron chi connectivity index (χ0n) is 11.3. The van der Waals surface area contributed by atoms with Gasteiger partial charge in [-0.15, -0.1) is 22.7 Å². The Balaban J connectivity index is 2.08. The van der Waals surface area contributed by atoms with Crippen molar-refractivity contribution in [3.05, 3.63) is 32.9 Å². The van der Waals surface area contributed by atoms with Gasteiger partial charge in [0.1, 0.15) is 5.01 Å². The van der Waals surface area contributed by atoms with Gasteiger partial charge in [0.2, 0.25) is 10.0 Å². The normalized spacial score (nSPS) is 13.5. The fraction of sp³-hybridized carbons (Fsp3) is 0.417. The van der Waals surface area contributed by atoms with Crippen molar-refractivity contribution < 1.29 is 8.42 Å². The molecule has 0 aromatic carbocycles. The Morgan fingerprint density at radius 1 is 1.40 bits per heavy atom. The van der Waals surface area contributed by atoms with Gasteiger partial charge in [-0.2, -0.15) is 0 Å². The van der Waals surface area contributed by atoms with Crippen LogP contribution in [0.15, 0.2) is 27.9 Å². The molecule has 5 nitrogen and oxygen atoms in total. The molecule has 0 aliphatic carbocycles. The van der Waals surface area contributed by atoms with Crippen LogP contribution in [0.3, 0.4) is 0 Å². The van der Waals surface area contributed by atoms with Crippen LogP contribution in [-0.2, 0) is 16.6 Å². The van der Waals surface area contributed by atoms with Crippen molar-refractivity contribution >= 4 is 32.7 Å². The molecule has 2 aromatic rings. The quantitative estimate of drug-likeness (QED) is 0.817. The highest BCUT2D eigenvalue weighted by Crippen LogP contribution is 2.22. The van der Waals surface area contributed by atoms with Crippen molar-refractivity contribution in [2.45, 2.75) is 31.3 Å². The van der Waals surface area contributed by atoms with E-state index >= 15 is 0 Å². The van der Waals surface area contributed by atoms with Gasteiger partial charge in [-0.3, -0.25) is 0 Å². The zero-order valence-corrected chi connectivity index (χ0v) is 13.7. The maximum Gasteiger partial charge on any atom is 0.242 e. The minimum absolute atomic E-state index is 0.318. The number of thiophene rings is 1. The van der Waals surface area contributed by atoms with Crippen molar-refractivity contribution in [3.63, 3.8) is 0 Å². The fourth-order valence-corrected chi connectivity index (χ4v) is 4.81. The van der Waals surface area contributed by atoms with E-state index in [2.05, 4.69) is 15.0 Å². The number of nitrogens with zero attached hydrogens (tertiary/aromatic N) is 1. The van der Waals surface area contributed by atoms with Gasteiger partial charge in [-0.1, -0.05) is 6.92 Å². The first-order chi connectivity index (χ1) is 9.53. The van der Waals surface area contributed by atoms with Gasteiger partial charge in [-0.05, 0) is 19.5 Å². The average molecular weight is 331 g/mol. The van der Waals surface area contributed by atoms with Crippen LogP contribution < -0.4 is 10.0 Å². The molecule has 0 radical (unpaired) electrons. The van der Waals surface area contributed by atoms with Gasteiger partial charge in [0.05, 0.1) is 10.9 Å². The van der Waals surface area contributed by atoms with E-state index in [9.17, 15) is 8.42 Å². The molecule has 2 rings (SSSR count). The Morgan fingerprint density at radius 3 is 2.85 bits per heavy atom. The molecule has 0 bridgehead atoms. The van der Waals surface area contributed by atoms with Crippen molar-refractivity contribution in [2.75, 3.05) is 6.54 Å². The van der Waals surface area contributed by atoms with E-state index in [1.165, 1.54) is 22.7 Å². The molecule has 0 fully saturated rings. The smallest absolute Gasteiger partial charge is 0.242 e. The van der Waals surface area contributed by atoms with Gasteiger partial charge in [0.15, 0.2) is 0 Å². The molecule has 8 heteroatoms. The fourth-order valence-electron chi connectivity index (χ4n) is 1.64. The van der Waals surface area contributed by atoms with Crippen LogP contribution in [0.25, 0.3) is 0 Å². The number of hydrogen-bond donors (Lipinski definition) is 2. The maximum absolute atomic E-state index is 12.3. The largest absolute Gasteiger partial charge is 0.312 e. The summed E-state index contributed by atoms with van der Waals surface area (Å²) in [7, 11) is -3.49. The molecule has 1 atom stereocenters. The summed E-state index contributed by atoms with van der Waals surface area (Å²) in [6, 6.07) is 1.39. The lowest BCUT2D eigenvalue weighted by atomic mass is 10.4. The van der Waals surface area contributed by atoms with Gasteiger partial charge in [0, 0.05) is 28.4 Å². The van der Waals surface area contributed by atoms with Crippen molar-refractivity contribution in [3.8, 4) is 0 Å². The summed E-state index contributed by atoms with van der Waals surface area (Å²) in [4.78, 5) is 5.45. The lowest BCUT2D eigenvalue weighted by molar-refractivity contribution is 0.566. The Bertz CT molecular complexity index is 635. The molecule has 0 saturated carbocycles. The molecule has 2 aromatic heterocycles. The van der Waals surface area contributed by atoms with E-state index in [1.54, 1.807) is 24.6 Å². The molecule has 0 saturated heterocycles. The standard InChI is InChI=1S/C12H17N3O2S3/c1-3-13-7-10-6-11(8-19-10)20(16,17)15-9(2)12-14-4-5-18-12/h4-6,8-9,13,15H,3,7H2,1-2H3. The second-order valence-electron chi connectivity index (χ2n) is 4.24. The number of hydrogen-bond acceptors (Lipinski definition) is 6. The number of rotatable bonds is 7. The summed E-state index contributed by atoms with van der Waals surface area (Å²) in [6.45, 7) is 5.36. The number of aromatic nitrogens is 1. The number of nitrogens with one attached hydrogen (secondary N) is 2. The second-order valence-corrected chi connectivity index (χ2v) is 7.88. The van der Waals surface area contributed by atoms with Crippen LogP contribution in [0.5, 0.6) is 0 Å². The van der Waals surface area contributed by atoms with Crippen LogP contribution in [0.1, 0.15) is 29.8 Å². The highest BCUT2D eigenvalue weighted by atomic mass is 32.2. The average Bonchev–Trinajstić information content (AvgIpc) is 3.07. The first-order valence-corrected chi connectivity index (χ1v) is 9.47. The molecule has 2 N–H and O–H groups in total. The predicted octanol–water partition coefficient (Wildman–Crippen LogP) is 2.35. The van der Waals surface area contributed by atoms with Crippen LogP contribution >= 0.6 is 22.7 Å². The van der Waals surface area contributed by atoms with Crippen LogP contribution in [-0.4, -0.2) is 19.9 Å². The summed E-state index contributed by atoms with van der Waals surface area (Å²) in [5, 5.41) is 7.44. The molecule has 1 unspecified atom stereocenters. The second kappa shape index (κ2) is 6.77. The Morgan fingerprint density at radius 2 is 2.20 bits per heavy atom. The predicted molar refractivity (Wildman–Crippen MR) is 82.6 cm³/mol. The first-order valence-electron chi connectivity index (χ1n) is 6.22. The number of thiazole rings is 1. The highest BCUT2D eigenvalue weighted by Gasteiger charge is 2.20. The van der Waals surface area contributed by atoms with Gasteiger partial charge < -0.3 is 5.32 Å². The molecule has 0 spiro atoms. The van der Waals surface area contributed by atoms with E-state index in [1.807, 2.05) is 12.3 Å². The molecule has 0 aliphatic heterocycles. The van der Waals surface area contributed by atoms with Gasteiger partial charge >= 0.3 is 0 Å². The van der Waals surface area contributed by atoms with E-state index in [-0.39, 0.29) is 6.04 Å². The third-order valence-electron chi connectivity index (χ3n) is 2.64. The minimum Gasteiger partial charge on any atom is -0.312 e. The highest BCUT2D eigenvalue weighted by molar-refractivity contribution is 7.89. The molecule has 0 aliphatic rings. The van der Waals surface area contributed by atoms with E-state index in [0.717, 1.165) is 16.4 Å². The lowest BCUT2D eigenvalue weighted by Crippen LogP contribution is -2.26. The summed E-state index contributed by atoms with van der Waals surface area (Å²) in [5.41, 5.74) is 0. The summed E-state index contributed by atoms with van der Waals surface area (Å²) in [6.07, 6.45) is 1.67. The minimum atomic E-state index is -3.49. The van der Waals surface area contributed by atoms with Gasteiger partial charge in [0.25, 0.3) is 0 Å². The van der Waals surface area contributed by atoms with Crippen molar-refractivity contribution in [2.24, 2.45) is 0 Å². The molecule has 2 heterocycles. The maximum atomic E-state index is 12.3. The number of sulfonamides is 1. The molecular formula is C12H17N3O2S3. The molecule has 20 heavy (non-hydrogen) atoms. The summed E-state index contributed by atoms with van der Waals surface area (Å²) in [5.74, 6) is 0. The van der Waals surface area contributed by atoms with E-state index in [0.29, 0.717) is 11.4 Å². The summed E-state index contributed by atoms with van der Waals surface area (Å²) < 4.78 is 27.2. The summed E-state index contributed by atoms with van der Waals surface area (Å²) >= 11 is 2.88. The third-order valence-corrected chi connectivity index (χ3v) is 6.21. The van der Waals surface area contributed by atoms with Crippen LogP contribution in [0.4, 0.5) is 0 Å². The molecule has 110 valence electrons. The Labute approximate surface area is 127 Å². The topological polar surface area (TPSA) is 71.1 Å². The van der Waals surface area contributed by atoms with E-state index in [4.69, 9.17) is 0 Å². The van der Waals surface area contributed by atoms with Crippen molar-refractivity contribution in [1.82, 2.24) is 15.0 Å². The van der Waals surface area contributed by atoms with Crippen molar-refractivity contribution in [1.29, 1.82) is 0 Å².